The molecule has 0 aliphatic rings. The number of hydrogen-bond donors (Lipinski definition) is 2. The van der Waals surface area contributed by atoms with Gasteiger partial charge < -0.3 is 10.6 Å². The van der Waals surface area contributed by atoms with Gasteiger partial charge in [-0.15, -0.1) is 0 Å². The third-order valence-electron chi connectivity index (χ3n) is 2.51. The molecule has 0 heterocycles. The highest BCUT2D eigenvalue weighted by Gasteiger charge is 2.25. The molecule has 0 radical (unpaired) electrons. The minimum atomic E-state index is -4.10. The summed E-state index contributed by atoms with van der Waals surface area (Å²) >= 11 is 0. The minimum Gasteiger partial charge on any atom is -0.315 e. The molecule has 0 aromatic heterocycles. The van der Waals surface area contributed by atoms with Gasteiger partial charge in [0.1, 0.15) is 0 Å². The van der Waals surface area contributed by atoms with Crippen LogP contribution in [0.3, 0.4) is 0 Å². The Morgan fingerprint density at radius 3 is 2.00 bits per heavy atom. The molecule has 0 spiro atoms. The second kappa shape index (κ2) is 10.8. The first-order chi connectivity index (χ1) is 8.06. The van der Waals surface area contributed by atoms with E-state index >= 15 is 0 Å². The predicted octanol–water partition coefficient (Wildman–Crippen LogP) is 3.09. The fourth-order valence-electron chi connectivity index (χ4n) is 1.56. The number of halogens is 3. The van der Waals surface area contributed by atoms with Crippen LogP contribution >= 0.6 is 0 Å². The Balaban J connectivity index is 2.99. The summed E-state index contributed by atoms with van der Waals surface area (Å²) in [4.78, 5) is 0. The van der Waals surface area contributed by atoms with Gasteiger partial charge in [0.25, 0.3) is 0 Å². The van der Waals surface area contributed by atoms with Crippen LogP contribution < -0.4 is 10.6 Å². The topological polar surface area (TPSA) is 24.1 Å². The molecule has 0 aliphatic heterocycles. The van der Waals surface area contributed by atoms with Crippen molar-refractivity contribution in [3.8, 4) is 0 Å². The number of alkyl halides is 3. The van der Waals surface area contributed by atoms with Crippen LogP contribution in [-0.2, 0) is 0 Å². The highest BCUT2D eigenvalue weighted by atomic mass is 19.4. The summed E-state index contributed by atoms with van der Waals surface area (Å²) in [5.41, 5.74) is 0. The molecule has 0 fully saturated rings. The van der Waals surface area contributed by atoms with Crippen molar-refractivity contribution in [3.05, 3.63) is 0 Å². The van der Waals surface area contributed by atoms with Gasteiger partial charge in [0.05, 0.1) is 6.54 Å². The van der Waals surface area contributed by atoms with E-state index in [1.165, 1.54) is 32.1 Å². The van der Waals surface area contributed by atoms with E-state index in [2.05, 4.69) is 17.6 Å². The summed E-state index contributed by atoms with van der Waals surface area (Å²) in [7, 11) is 0. The SMILES string of the molecule is CCCCCCCCNCCNCC(F)(F)F. The fourth-order valence-corrected chi connectivity index (χ4v) is 1.56. The van der Waals surface area contributed by atoms with Crippen molar-refractivity contribution >= 4 is 0 Å². The molecule has 0 aliphatic carbocycles. The second-order valence-corrected chi connectivity index (χ2v) is 4.31. The van der Waals surface area contributed by atoms with Crippen molar-refractivity contribution in [2.24, 2.45) is 0 Å². The van der Waals surface area contributed by atoms with Gasteiger partial charge in [-0.25, -0.2) is 0 Å². The van der Waals surface area contributed by atoms with Crippen molar-refractivity contribution in [2.45, 2.75) is 51.6 Å². The van der Waals surface area contributed by atoms with Crippen molar-refractivity contribution in [1.82, 2.24) is 10.6 Å². The molecule has 0 rings (SSSR count). The van der Waals surface area contributed by atoms with Crippen LogP contribution in [0.2, 0.25) is 0 Å². The highest BCUT2D eigenvalue weighted by molar-refractivity contribution is 4.57. The Kier molecular flexibility index (Phi) is 10.7. The van der Waals surface area contributed by atoms with Crippen LogP contribution in [0.1, 0.15) is 45.4 Å². The summed E-state index contributed by atoms with van der Waals surface area (Å²) in [5, 5.41) is 5.49. The summed E-state index contributed by atoms with van der Waals surface area (Å²) in [5.74, 6) is 0. The van der Waals surface area contributed by atoms with E-state index in [4.69, 9.17) is 0 Å². The maximum atomic E-state index is 11.8. The van der Waals surface area contributed by atoms with Gasteiger partial charge in [-0.2, -0.15) is 13.2 Å². The molecule has 5 heteroatoms. The molecular formula is C12H25F3N2. The summed E-state index contributed by atoms with van der Waals surface area (Å²) in [6, 6.07) is 0. The lowest BCUT2D eigenvalue weighted by atomic mass is 10.1. The van der Waals surface area contributed by atoms with E-state index in [1.54, 1.807) is 0 Å². The monoisotopic (exact) mass is 254 g/mol. The normalized spacial score (nSPS) is 12.0. The van der Waals surface area contributed by atoms with Gasteiger partial charge in [0, 0.05) is 13.1 Å². The maximum absolute atomic E-state index is 11.8. The Bertz CT molecular complexity index is 160. The summed E-state index contributed by atoms with van der Waals surface area (Å²) in [6.07, 6.45) is 3.34. The lowest BCUT2D eigenvalue weighted by Gasteiger charge is -2.08. The molecule has 2 N–H and O–H groups in total. The number of unbranched alkanes of at least 4 members (excludes halogenated alkanes) is 5. The Labute approximate surface area is 102 Å². The van der Waals surface area contributed by atoms with Crippen LogP contribution in [0.25, 0.3) is 0 Å². The van der Waals surface area contributed by atoms with Gasteiger partial charge in [0.2, 0.25) is 0 Å². The quantitative estimate of drug-likeness (QED) is 0.554. The molecule has 104 valence electrons. The lowest BCUT2D eigenvalue weighted by molar-refractivity contribution is -0.124. The Hall–Kier alpha value is -0.290. The maximum Gasteiger partial charge on any atom is 0.401 e. The van der Waals surface area contributed by atoms with Crippen LogP contribution in [0.4, 0.5) is 13.2 Å². The molecule has 0 bridgehead atoms. The third kappa shape index (κ3) is 15.7. The molecule has 17 heavy (non-hydrogen) atoms. The first-order valence-electron chi connectivity index (χ1n) is 6.54. The molecule has 0 aromatic rings. The zero-order chi connectivity index (χ0) is 13.0. The molecule has 0 aromatic carbocycles. The van der Waals surface area contributed by atoms with E-state index in [1.807, 2.05) is 0 Å². The van der Waals surface area contributed by atoms with Gasteiger partial charge >= 0.3 is 6.18 Å². The van der Waals surface area contributed by atoms with Gasteiger partial charge in [-0.1, -0.05) is 39.0 Å². The number of nitrogens with one attached hydrogen (secondary N) is 2. The number of hydrogen-bond acceptors (Lipinski definition) is 2. The van der Waals surface area contributed by atoms with E-state index in [-0.39, 0.29) is 0 Å². The summed E-state index contributed by atoms with van der Waals surface area (Å²) in [6.45, 7) is 3.17. The van der Waals surface area contributed by atoms with E-state index in [0.717, 1.165) is 13.0 Å². The van der Waals surface area contributed by atoms with E-state index < -0.39 is 12.7 Å². The molecule has 0 saturated heterocycles. The largest absolute Gasteiger partial charge is 0.401 e. The predicted molar refractivity (Wildman–Crippen MR) is 65.2 cm³/mol. The first-order valence-corrected chi connectivity index (χ1v) is 6.54. The fraction of sp³-hybridized carbons (Fsp3) is 1.00. The van der Waals surface area contributed by atoms with E-state index in [9.17, 15) is 13.2 Å². The molecule has 0 amide bonds. The third-order valence-corrected chi connectivity index (χ3v) is 2.51. The van der Waals surface area contributed by atoms with Gasteiger partial charge in [-0.3, -0.25) is 0 Å². The molecular weight excluding hydrogens is 229 g/mol. The van der Waals surface area contributed by atoms with Crippen LogP contribution in [0.15, 0.2) is 0 Å². The average molecular weight is 254 g/mol. The van der Waals surface area contributed by atoms with Gasteiger partial charge in [0.15, 0.2) is 0 Å². The first kappa shape index (κ1) is 16.7. The van der Waals surface area contributed by atoms with Crippen LogP contribution in [0, 0.1) is 0 Å². The molecule has 0 atom stereocenters. The Morgan fingerprint density at radius 2 is 1.35 bits per heavy atom. The number of rotatable bonds is 11. The van der Waals surface area contributed by atoms with Crippen LogP contribution in [-0.4, -0.2) is 32.4 Å². The zero-order valence-electron chi connectivity index (χ0n) is 10.7. The van der Waals surface area contributed by atoms with Crippen molar-refractivity contribution in [2.75, 3.05) is 26.2 Å². The standard InChI is InChI=1S/C12H25F3N2/c1-2-3-4-5-6-7-8-16-9-10-17-11-12(13,14)15/h16-17H,2-11H2,1H3. The minimum absolute atomic E-state index is 0.370. The second-order valence-electron chi connectivity index (χ2n) is 4.31. The highest BCUT2D eigenvalue weighted by Crippen LogP contribution is 2.11. The Morgan fingerprint density at radius 1 is 0.765 bits per heavy atom. The van der Waals surface area contributed by atoms with Crippen LogP contribution in [0.5, 0.6) is 0 Å². The summed E-state index contributed by atoms with van der Waals surface area (Å²) < 4.78 is 35.3. The van der Waals surface area contributed by atoms with Crippen molar-refractivity contribution in [3.63, 3.8) is 0 Å². The molecule has 0 saturated carbocycles. The van der Waals surface area contributed by atoms with Gasteiger partial charge in [-0.05, 0) is 13.0 Å². The average Bonchev–Trinajstić information content (AvgIpc) is 2.24. The lowest BCUT2D eigenvalue weighted by Crippen LogP contribution is -2.34. The van der Waals surface area contributed by atoms with E-state index in [0.29, 0.717) is 13.1 Å². The zero-order valence-corrected chi connectivity index (χ0v) is 10.7. The molecule has 2 nitrogen and oxygen atoms in total. The van der Waals surface area contributed by atoms with Crippen molar-refractivity contribution in [1.29, 1.82) is 0 Å². The smallest absolute Gasteiger partial charge is 0.315 e. The van der Waals surface area contributed by atoms with Crippen molar-refractivity contribution < 1.29 is 13.2 Å². The molecule has 0 unspecified atom stereocenters.